The smallest absolute Gasteiger partial charge is 0.341 e. The first-order valence-corrected chi connectivity index (χ1v) is 12.4. The number of ether oxygens (including phenoxy) is 2. The molecule has 7 nitrogen and oxygen atoms in total. The van der Waals surface area contributed by atoms with Gasteiger partial charge < -0.3 is 14.8 Å². The zero-order chi connectivity index (χ0) is 23.4. The molecule has 1 saturated carbocycles. The minimum atomic E-state index is -0.367. The number of methoxy groups -OCH3 is 1. The third-order valence-corrected chi connectivity index (χ3v) is 7.18. The van der Waals surface area contributed by atoms with Crippen molar-refractivity contribution < 1.29 is 23.9 Å². The number of amides is 1. The summed E-state index contributed by atoms with van der Waals surface area (Å²) in [5.41, 5.74) is 2.20. The van der Waals surface area contributed by atoms with Gasteiger partial charge in [-0.2, -0.15) is 0 Å². The van der Waals surface area contributed by atoms with Crippen LogP contribution in [-0.2, 0) is 9.53 Å². The highest BCUT2D eigenvalue weighted by Gasteiger charge is 2.33. The molecule has 33 heavy (non-hydrogen) atoms. The summed E-state index contributed by atoms with van der Waals surface area (Å²) >= 11 is 1.39. The van der Waals surface area contributed by atoms with E-state index in [0.29, 0.717) is 41.7 Å². The molecule has 1 N–H and O–H groups in total. The summed E-state index contributed by atoms with van der Waals surface area (Å²) in [6, 6.07) is 7.21. The molecule has 0 spiro atoms. The monoisotopic (exact) mass is 470 g/mol. The van der Waals surface area contributed by atoms with Crippen LogP contribution in [0.25, 0.3) is 0 Å². The predicted molar refractivity (Wildman–Crippen MR) is 127 cm³/mol. The Kier molecular flexibility index (Phi) is 7.45. The van der Waals surface area contributed by atoms with E-state index in [1.54, 1.807) is 38.3 Å². The highest BCUT2D eigenvalue weighted by Crippen LogP contribution is 2.46. The van der Waals surface area contributed by atoms with Gasteiger partial charge in [0.1, 0.15) is 10.8 Å². The third kappa shape index (κ3) is 5.62. The van der Waals surface area contributed by atoms with Gasteiger partial charge in [0.15, 0.2) is 5.78 Å². The number of hydrogen-bond acceptors (Lipinski definition) is 7. The summed E-state index contributed by atoms with van der Waals surface area (Å²) in [6.45, 7) is 3.69. The van der Waals surface area contributed by atoms with Crippen molar-refractivity contribution in [3.63, 3.8) is 0 Å². The Balaban J connectivity index is 1.31. The normalized spacial score (nSPS) is 16.9. The number of thiophene rings is 1. The van der Waals surface area contributed by atoms with Gasteiger partial charge in [-0.1, -0.05) is 0 Å². The molecule has 2 aliphatic rings. The van der Waals surface area contributed by atoms with Gasteiger partial charge in [0.2, 0.25) is 5.91 Å². The van der Waals surface area contributed by atoms with Crippen LogP contribution in [0.3, 0.4) is 0 Å². The van der Waals surface area contributed by atoms with Crippen molar-refractivity contribution in [3.05, 3.63) is 46.3 Å². The Hall–Kier alpha value is -2.71. The Morgan fingerprint density at radius 1 is 1.09 bits per heavy atom. The molecule has 1 saturated heterocycles. The number of carbonyl (C=O) groups is 3. The van der Waals surface area contributed by atoms with E-state index in [9.17, 15) is 14.4 Å². The molecule has 0 atom stereocenters. The molecule has 4 rings (SSSR count). The number of Topliss-reactive ketones (excluding diaryl/α,β-unsaturated/α-hetero) is 1. The Bertz CT molecular complexity index is 1000. The van der Waals surface area contributed by atoms with E-state index >= 15 is 0 Å². The molecule has 8 heteroatoms. The van der Waals surface area contributed by atoms with Crippen LogP contribution in [0.2, 0.25) is 0 Å². The SMILES string of the molecule is CCOC(=O)c1c(C2CC2)csc1NC(=O)CN1CCC(C(=O)c2ccc(OC)cc2)CC1. The van der Waals surface area contributed by atoms with Gasteiger partial charge in [-0.25, -0.2) is 4.79 Å². The van der Waals surface area contributed by atoms with E-state index in [-0.39, 0.29) is 30.1 Å². The summed E-state index contributed by atoms with van der Waals surface area (Å²) in [5.74, 6) is 0.721. The molecule has 1 aromatic carbocycles. The molecule has 1 amide bonds. The quantitative estimate of drug-likeness (QED) is 0.433. The molecule has 2 aromatic rings. The second-order valence-corrected chi connectivity index (χ2v) is 9.46. The molecule has 1 aliphatic heterocycles. The Labute approximate surface area is 198 Å². The van der Waals surface area contributed by atoms with Crippen molar-refractivity contribution in [2.24, 2.45) is 5.92 Å². The van der Waals surface area contributed by atoms with Crippen molar-refractivity contribution in [3.8, 4) is 5.75 Å². The number of esters is 1. The van der Waals surface area contributed by atoms with Crippen LogP contribution < -0.4 is 10.1 Å². The Morgan fingerprint density at radius 2 is 1.79 bits per heavy atom. The molecule has 0 radical (unpaired) electrons. The van der Waals surface area contributed by atoms with Gasteiger partial charge in [-0.15, -0.1) is 11.3 Å². The largest absolute Gasteiger partial charge is 0.497 e. The van der Waals surface area contributed by atoms with Crippen LogP contribution in [0.4, 0.5) is 5.00 Å². The minimum absolute atomic E-state index is 0.0356. The van der Waals surface area contributed by atoms with Crippen LogP contribution in [0.1, 0.15) is 64.8 Å². The molecule has 2 heterocycles. The maximum atomic E-state index is 12.8. The van der Waals surface area contributed by atoms with E-state index in [1.807, 2.05) is 5.38 Å². The van der Waals surface area contributed by atoms with Gasteiger partial charge in [0, 0.05) is 11.5 Å². The average Bonchev–Trinajstić information content (AvgIpc) is 3.59. The maximum Gasteiger partial charge on any atom is 0.341 e. The first-order valence-electron chi connectivity index (χ1n) is 11.5. The lowest BCUT2D eigenvalue weighted by Crippen LogP contribution is -2.40. The number of likely N-dealkylation sites (tertiary alicyclic amines) is 1. The van der Waals surface area contributed by atoms with Gasteiger partial charge in [-0.05, 0) is 86.8 Å². The first kappa shape index (κ1) is 23.4. The number of hydrogen-bond donors (Lipinski definition) is 1. The van der Waals surface area contributed by atoms with Gasteiger partial charge in [-0.3, -0.25) is 14.5 Å². The lowest BCUT2D eigenvalue weighted by Gasteiger charge is -2.30. The summed E-state index contributed by atoms with van der Waals surface area (Å²) in [5, 5.41) is 5.47. The molecule has 1 aromatic heterocycles. The van der Waals surface area contributed by atoms with Crippen LogP contribution in [0.15, 0.2) is 29.6 Å². The number of benzene rings is 1. The second kappa shape index (κ2) is 10.5. The van der Waals surface area contributed by atoms with E-state index in [0.717, 1.165) is 37.0 Å². The lowest BCUT2D eigenvalue weighted by molar-refractivity contribution is -0.117. The number of nitrogens with one attached hydrogen (secondary N) is 1. The van der Waals surface area contributed by atoms with E-state index in [1.165, 1.54) is 11.3 Å². The summed E-state index contributed by atoms with van der Waals surface area (Å²) in [6.07, 6.45) is 3.58. The molecular formula is C25H30N2O5S. The van der Waals surface area contributed by atoms with Crippen molar-refractivity contribution in [1.82, 2.24) is 4.90 Å². The number of rotatable bonds is 9. The van der Waals surface area contributed by atoms with Crippen LogP contribution in [0.5, 0.6) is 5.75 Å². The number of carbonyl (C=O) groups excluding carboxylic acids is 3. The van der Waals surface area contributed by atoms with Crippen molar-refractivity contribution >= 4 is 34.0 Å². The van der Waals surface area contributed by atoms with E-state index in [4.69, 9.17) is 9.47 Å². The number of anilines is 1. The molecule has 0 bridgehead atoms. The standard InChI is InChI=1S/C25H30N2O5S/c1-3-32-25(30)22-20(16-4-5-16)15-33-24(22)26-21(28)14-27-12-10-18(11-13-27)23(29)17-6-8-19(31-2)9-7-17/h6-9,15-16,18H,3-5,10-14H2,1-2H3,(H,26,28). The fourth-order valence-electron chi connectivity index (χ4n) is 4.29. The highest BCUT2D eigenvalue weighted by atomic mass is 32.1. The summed E-state index contributed by atoms with van der Waals surface area (Å²) in [7, 11) is 1.60. The lowest BCUT2D eigenvalue weighted by atomic mass is 9.89. The molecular weight excluding hydrogens is 440 g/mol. The molecule has 0 unspecified atom stereocenters. The first-order chi connectivity index (χ1) is 16.0. The minimum Gasteiger partial charge on any atom is -0.497 e. The molecule has 176 valence electrons. The fourth-order valence-corrected chi connectivity index (χ4v) is 5.33. The summed E-state index contributed by atoms with van der Waals surface area (Å²) < 4.78 is 10.4. The van der Waals surface area contributed by atoms with Crippen LogP contribution >= 0.6 is 11.3 Å². The average molecular weight is 471 g/mol. The van der Waals surface area contributed by atoms with Crippen LogP contribution in [0, 0.1) is 5.92 Å². The van der Waals surface area contributed by atoms with Gasteiger partial charge in [0.05, 0.1) is 25.8 Å². The van der Waals surface area contributed by atoms with Crippen molar-refractivity contribution in [2.75, 3.05) is 38.7 Å². The van der Waals surface area contributed by atoms with Crippen LogP contribution in [-0.4, -0.2) is 55.9 Å². The topological polar surface area (TPSA) is 84.9 Å². The third-order valence-electron chi connectivity index (χ3n) is 6.27. The summed E-state index contributed by atoms with van der Waals surface area (Å²) in [4.78, 5) is 40.1. The maximum absolute atomic E-state index is 12.8. The van der Waals surface area contributed by atoms with Gasteiger partial charge >= 0.3 is 5.97 Å². The fraction of sp³-hybridized carbons (Fsp3) is 0.480. The number of ketones is 1. The Morgan fingerprint density at radius 3 is 2.39 bits per heavy atom. The van der Waals surface area contributed by atoms with E-state index < -0.39 is 0 Å². The van der Waals surface area contributed by atoms with Crippen molar-refractivity contribution in [2.45, 2.75) is 38.5 Å². The van der Waals surface area contributed by atoms with E-state index in [2.05, 4.69) is 10.2 Å². The predicted octanol–water partition coefficient (Wildman–Crippen LogP) is 4.34. The highest BCUT2D eigenvalue weighted by molar-refractivity contribution is 7.15. The second-order valence-electron chi connectivity index (χ2n) is 8.58. The molecule has 1 aliphatic carbocycles. The zero-order valence-electron chi connectivity index (χ0n) is 19.1. The van der Waals surface area contributed by atoms with Crippen molar-refractivity contribution in [1.29, 1.82) is 0 Å². The van der Waals surface area contributed by atoms with Gasteiger partial charge in [0.25, 0.3) is 0 Å². The number of piperidine rings is 1. The zero-order valence-corrected chi connectivity index (χ0v) is 19.9. The molecule has 2 fully saturated rings. The number of nitrogens with zero attached hydrogens (tertiary/aromatic N) is 1.